The van der Waals surface area contributed by atoms with Crippen LogP contribution in [0.1, 0.15) is 17.7 Å². The molecule has 0 unspecified atom stereocenters. The number of rotatable bonds is 0. The van der Waals surface area contributed by atoms with E-state index < -0.39 is 0 Å². The highest BCUT2D eigenvalue weighted by atomic mass is 79.9. The van der Waals surface area contributed by atoms with Crippen molar-refractivity contribution in [2.24, 2.45) is 0 Å². The van der Waals surface area contributed by atoms with Crippen molar-refractivity contribution in [3.8, 4) is 0 Å². The van der Waals surface area contributed by atoms with Crippen molar-refractivity contribution in [1.82, 2.24) is 4.98 Å². The minimum Gasteiger partial charge on any atom is -0.251 e. The van der Waals surface area contributed by atoms with E-state index in [1.807, 2.05) is 0 Å². The first kappa shape index (κ1) is 8.42. The summed E-state index contributed by atoms with van der Waals surface area (Å²) in [7, 11) is 0. The number of nitrogens with zero attached hydrogens (tertiary/aromatic N) is 1. The number of aromatic nitrogens is 1. The Balaban J connectivity index is 2.39. The molecule has 1 aromatic carbocycles. The van der Waals surface area contributed by atoms with Gasteiger partial charge in [0.05, 0.1) is 5.52 Å². The molecule has 2 heteroatoms. The van der Waals surface area contributed by atoms with E-state index >= 15 is 0 Å². The molecule has 0 bridgehead atoms. The number of aryl methyl sites for hydroxylation is 2. The average Bonchev–Trinajstić information content (AvgIpc) is 2.62. The Kier molecular flexibility index (Phi) is 1.84. The summed E-state index contributed by atoms with van der Waals surface area (Å²) >= 11 is 3.54. The van der Waals surface area contributed by atoms with Crippen LogP contribution in [-0.2, 0) is 12.8 Å². The predicted octanol–water partition coefficient (Wildman–Crippen LogP) is 3.49. The highest BCUT2D eigenvalue weighted by Crippen LogP contribution is 2.28. The number of hydrogen-bond acceptors (Lipinski definition) is 1. The van der Waals surface area contributed by atoms with Gasteiger partial charge >= 0.3 is 0 Å². The van der Waals surface area contributed by atoms with Crippen LogP contribution in [0.2, 0.25) is 0 Å². The normalized spacial score (nSPS) is 14.6. The molecule has 0 spiro atoms. The fourth-order valence-corrected chi connectivity index (χ4v) is 2.59. The van der Waals surface area contributed by atoms with Gasteiger partial charge in [-0.1, -0.05) is 12.1 Å². The Bertz CT molecular complexity index is 505. The first-order valence-corrected chi connectivity index (χ1v) is 5.71. The second-order valence-electron chi connectivity index (χ2n) is 3.76. The van der Waals surface area contributed by atoms with E-state index in [1.165, 1.54) is 29.5 Å². The van der Waals surface area contributed by atoms with Gasteiger partial charge < -0.3 is 0 Å². The lowest BCUT2D eigenvalue weighted by molar-refractivity contribution is 0.901. The minimum atomic E-state index is 1.10. The Hall–Kier alpha value is -0.890. The average molecular weight is 248 g/mol. The number of benzene rings is 1. The molecule has 0 saturated carbocycles. The molecule has 1 heterocycles. The molecule has 70 valence electrons. The van der Waals surface area contributed by atoms with Crippen molar-refractivity contribution in [3.63, 3.8) is 0 Å². The zero-order valence-electron chi connectivity index (χ0n) is 7.76. The van der Waals surface area contributed by atoms with Crippen LogP contribution in [-0.4, -0.2) is 4.98 Å². The lowest BCUT2D eigenvalue weighted by Gasteiger charge is -2.03. The zero-order valence-corrected chi connectivity index (χ0v) is 9.34. The SMILES string of the molecule is Brc1cccc2cc3c(nc12)CCC3. The number of fused-ring (bicyclic) bond motifs is 2. The van der Waals surface area contributed by atoms with Crippen LogP contribution in [0.25, 0.3) is 10.9 Å². The number of para-hydroxylation sites is 1. The van der Waals surface area contributed by atoms with Crippen molar-refractivity contribution in [2.45, 2.75) is 19.3 Å². The van der Waals surface area contributed by atoms with Crippen LogP contribution in [0.4, 0.5) is 0 Å². The summed E-state index contributed by atoms with van der Waals surface area (Å²) in [6.45, 7) is 0. The quantitative estimate of drug-likeness (QED) is 0.695. The largest absolute Gasteiger partial charge is 0.251 e. The van der Waals surface area contributed by atoms with Crippen molar-refractivity contribution in [3.05, 3.63) is 40.0 Å². The molecule has 0 N–H and O–H groups in total. The van der Waals surface area contributed by atoms with Crippen LogP contribution in [0.5, 0.6) is 0 Å². The van der Waals surface area contributed by atoms with E-state index in [-0.39, 0.29) is 0 Å². The summed E-state index contributed by atoms with van der Waals surface area (Å²) in [4.78, 5) is 4.71. The molecular weight excluding hydrogens is 238 g/mol. The third kappa shape index (κ3) is 1.17. The molecule has 1 aliphatic carbocycles. The molecule has 14 heavy (non-hydrogen) atoms. The molecule has 1 aromatic heterocycles. The maximum Gasteiger partial charge on any atom is 0.0847 e. The van der Waals surface area contributed by atoms with Crippen LogP contribution in [0.3, 0.4) is 0 Å². The van der Waals surface area contributed by atoms with Crippen molar-refractivity contribution < 1.29 is 0 Å². The maximum absolute atomic E-state index is 4.71. The first-order valence-electron chi connectivity index (χ1n) is 4.91. The van der Waals surface area contributed by atoms with Gasteiger partial charge in [0.1, 0.15) is 0 Å². The number of pyridine rings is 1. The molecule has 1 aliphatic rings. The van der Waals surface area contributed by atoms with Gasteiger partial charge in [-0.3, -0.25) is 4.98 Å². The summed E-state index contributed by atoms with van der Waals surface area (Å²) in [5.41, 5.74) is 3.84. The Labute approximate surface area is 91.3 Å². The molecular formula is C12H10BrN. The maximum atomic E-state index is 4.71. The third-order valence-corrected chi connectivity index (χ3v) is 3.46. The first-order chi connectivity index (χ1) is 6.84. The van der Waals surface area contributed by atoms with E-state index in [9.17, 15) is 0 Å². The monoisotopic (exact) mass is 247 g/mol. The van der Waals surface area contributed by atoms with Crippen molar-refractivity contribution in [2.75, 3.05) is 0 Å². The standard InChI is InChI=1S/C12H10BrN/c13-10-5-1-4-9-7-8-3-2-6-11(8)14-12(9)10/h1,4-5,7H,2-3,6H2. The zero-order chi connectivity index (χ0) is 9.54. The van der Waals surface area contributed by atoms with E-state index in [1.54, 1.807) is 0 Å². The fraction of sp³-hybridized carbons (Fsp3) is 0.250. The van der Waals surface area contributed by atoms with E-state index in [0.29, 0.717) is 0 Å². The molecule has 3 rings (SSSR count). The van der Waals surface area contributed by atoms with Gasteiger partial charge in [-0.15, -0.1) is 0 Å². The van der Waals surface area contributed by atoms with E-state index in [2.05, 4.69) is 40.2 Å². The molecule has 0 radical (unpaired) electrons. The van der Waals surface area contributed by atoms with Crippen LogP contribution in [0.15, 0.2) is 28.7 Å². The molecule has 0 fully saturated rings. The minimum absolute atomic E-state index is 1.10. The van der Waals surface area contributed by atoms with Gasteiger partial charge in [-0.25, -0.2) is 0 Å². The predicted molar refractivity (Wildman–Crippen MR) is 61.5 cm³/mol. The lowest BCUT2D eigenvalue weighted by Crippen LogP contribution is -1.89. The second-order valence-corrected chi connectivity index (χ2v) is 4.61. The summed E-state index contributed by atoms with van der Waals surface area (Å²) in [6, 6.07) is 8.53. The molecule has 0 saturated heterocycles. The van der Waals surface area contributed by atoms with Crippen molar-refractivity contribution in [1.29, 1.82) is 0 Å². The van der Waals surface area contributed by atoms with Gasteiger partial charge in [-0.05, 0) is 52.9 Å². The second kappa shape index (κ2) is 3.06. The third-order valence-electron chi connectivity index (χ3n) is 2.82. The van der Waals surface area contributed by atoms with Gasteiger partial charge in [0.2, 0.25) is 0 Å². The Morgan fingerprint density at radius 1 is 1.21 bits per heavy atom. The fourth-order valence-electron chi connectivity index (χ4n) is 2.12. The summed E-state index contributed by atoms with van der Waals surface area (Å²) in [6.07, 6.45) is 3.60. The summed E-state index contributed by atoms with van der Waals surface area (Å²) in [5.74, 6) is 0. The van der Waals surface area contributed by atoms with Gasteiger partial charge in [0, 0.05) is 15.6 Å². The van der Waals surface area contributed by atoms with E-state index in [0.717, 1.165) is 16.4 Å². The van der Waals surface area contributed by atoms with Crippen LogP contribution in [0, 0.1) is 0 Å². The topological polar surface area (TPSA) is 12.9 Å². The van der Waals surface area contributed by atoms with Gasteiger partial charge in [0.15, 0.2) is 0 Å². The summed E-state index contributed by atoms with van der Waals surface area (Å²) in [5, 5.41) is 1.25. The number of hydrogen-bond donors (Lipinski definition) is 0. The number of halogens is 1. The Morgan fingerprint density at radius 2 is 2.14 bits per heavy atom. The smallest absolute Gasteiger partial charge is 0.0847 e. The van der Waals surface area contributed by atoms with Gasteiger partial charge in [0.25, 0.3) is 0 Å². The Morgan fingerprint density at radius 3 is 3.07 bits per heavy atom. The van der Waals surface area contributed by atoms with Gasteiger partial charge in [-0.2, -0.15) is 0 Å². The highest BCUT2D eigenvalue weighted by Gasteiger charge is 2.13. The van der Waals surface area contributed by atoms with E-state index in [4.69, 9.17) is 4.98 Å². The molecule has 0 atom stereocenters. The van der Waals surface area contributed by atoms with Crippen molar-refractivity contribution >= 4 is 26.8 Å². The highest BCUT2D eigenvalue weighted by molar-refractivity contribution is 9.10. The van der Waals surface area contributed by atoms with Crippen LogP contribution < -0.4 is 0 Å². The molecule has 1 nitrogen and oxygen atoms in total. The van der Waals surface area contributed by atoms with Crippen LogP contribution >= 0.6 is 15.9 Å². The molecule has 0 aliphatic heterocycles. The molecule has 0 amide bonds. The molecule has 2 aromatic rings. The summed E-state index contributed by atoms with van der Waals surface area (Å²) < 4.78 is 1.10. The lowest BCUT2D eigenvalue weighted by atomic mass is 10.1.